The molecule has 260 valence electrons. The first-order valence-corrected chi connectivity index (χ1v) is 17.7. The molecule has 0 bridgehead atoms. The Hall–Kier alpha value is -2.99. The number of nitrogen functional groups attached to an aromatic ring is 1. The summed E-state index contributed by atoms with van der Waals surface area (Å²) in [6.07, 6.45) is 12.3. The number of likely N-dealkylation sites (tertiary alicyclic amines) is 1. The maximum Gasteiger partial charge on any atom is 0.323 e. The third-order valence-corrected chi connectivity index (χ3v) is 9.80. The smallest absolute Gasteiger partial charge is 0.323 e. The predicted octanol–water partition coefficient (Wildman–Crippen LogP) is 6.48. The van der Waals surface area contributed by atoms with Crippen LogP contribution in [0.3, 0.4) is 0 Å². The normalized spacial score (nSPS) is 17.1. The molecule has 3 N–H and O–H groups in total. The van der Waals surface area contributed by atoms with Crippen molar-refractivity contribution in [3.63, 3.8) is 0 Å². The van der Waals surface area contributed by atoms with Crippen LogP contribution in [-0.2, 0) is 19.6 Å². The highest BCUT2D eigenvalue weighted by molar-refractivity contribution is 7.93. The number of ether oxygens (including phenoxy) is 2. The molecule has 0 spiro atoms. The van der Waals surface area contributed by atoms with E-state index < -0.39 is 21.7 Å². The van der Waals surface area contributed by atoms with Crippen LogP contribution in [0.25, 0.3) is 6.08 Å². The summed E-state index contributed by atoms with van der Waals surface area (Å²) < 4.78 is 39.1. The van der Waals surface area contributed by atoms with Crippen LogP contribution in [0.1, 0.15) is 69.4 Å². The largest absolute Gasteiger partial charge is 0.489 e. The molecule has 0 saturated carbocycles. The van der Waals surface area contributed by atoms with E-state index in [9.17, 15) is 13.2 Å². The molecule has 0 atom stereocenters. The SMILES string of the molecule is CCOC(=O)CS(=O)(=O)N(C/C=C/c1cccc(C(=N)N)c1)c1ccc(OC2CCN(/C3=N\CCCCCCC3)CC2)c(Cl)c1.Cl.Cl. The number of hydrogen-bond acceptors (Lipinski definition) is 8. The average molecular weight is 731 g/mol. The lowest BCUT2D eigenvalue weighted by atomic mass is 10.1. The highest BCUT2D eigenvalue weighted by atomic mass is 35.5. The van der Waals surface area contributed by atoms with Crippen molar-refractivity contribution in [1.29, 1.82) is 5.41 Å². The van der Waals surface area contributed by atoms with Gasteiger partial charge in [0.25, 0.3) is 0 Å². The summed E-state index contributed by atoms with van der Waals surface area (Å²) in [4.78, 5) is 19.5. The number of amidine groups is 2. The molecule has 2 aliphatic rings. The van der Waals surface area contributed by atoms with Crippen LogP contribution in [0.2, 0.25) is 5.02 Å². The number of nitrogens with zero attached hydrogens (tertiary/aromatic N) is 3. The van der Waals surface area contributed by atoms with Gasteiger partial charge in [0, 0.05) is 44.5 Å². The van der Waals surface area contributed by atoms with Crippen molar-refractivity contribution in [2.75, 3.05) is 42.8 Å². The first-order valence-electron chi connectivity index (χ1n) is 15.7. The lowest BCUT2D eigenvalue weighted by Crippen LogP contribution is -2.42. The molecule has 14 heteroatoms. The number of rotatable bonds is 11. The molecule has 1 saturated heterocycles. The fraction of sp³-hybridized carbons (Fsp3) is 0.485. The van der Waals surface area contributed by atoms with Gasteiger partial charge >= 0.3 is 5.97 Å². The van der Waals surface area contributed by atoms with E-state index in [2.05, 4.69) is 4.90 Å². The van der Waals surface area contributed by atoms with Crippen LogP contribution in [0.4, 0.5) is 5.69 Å². The molecule has 0 aliphatic carbocycles. The number of benzene rings is 2. The van der Waals surface area contributed by atoms with Gasteiger partial charge in [-0.05, 0) is 49.6 Å². The van der Waals surface area contributed by atoms with Gasteiger partial charge in [-0.2, -0.15) is 0 Å². The van der Waals surface area contributed by atoms with Gasteiger partial charge in [0.15, 0.2) is 5.75 Å². The van der Waals surface area contributed by atoms with E-state index in [1.54, 1.807) is 55.5 Å². The van der Waals surface area contributed by atoms with Crippen LogP contribution in [-0.4, -0.2) is 75.6 Å². The van der Waals surface area contributed by atoms with Crippen LogP contribution < -0.4 is 14.8 Å². The number of anilines is 1. The molecule has 2 aromatic carbocycles. The Labute approximate surface area is 296 Å². The van der Waals surface area contributed by atoms with Gasteiger partial charge in [-0.1, -0.05) is 61.2 Å². The Morgan fingerprint density at radius 3 is 2.53 bits per heavy atom. The van der Waals surface area contributed by atoms with E-state index in [0.717, 1.165) is 55.2 Å². The van der Waals surface area contributed by atoms with E-state index in [0.29, 0.717) is 17.0 Å². The second-order valence-electron chi connectivity index (χ2n) is 11.3. The van der Waals surface area contributed by atoms with E-state index in [4.69, 9.17) is 37.2 Å². The Bertz CT molecular complexity index is 1500. The number of carbonyl (C=O) groups is 1. The molecule has 4 rings (SSSR count). The quantitative estimate of drug-likeness (QED) is 0.153. The lowest BCUT2D eigenvalue weighted by Gasteiger charge is -2.34. The second-order valence-corrected chi connectivity index (χ2v) is 13.6. The van der Waals surface area contributed by atoms with Gasteiger partial charge in [0.05, 0.1) is 29.7 Å². The minimum absolute atomic E-state index is 0. The van der Waals surface area contributed by atoms with Crippen LogP contribution in [0.15, 0.2) is 53.5 Å². The second kappa shape index (κ2) is 19.7. The van der Waals surface area contributed by atoms with Crippen LogP contribution in [0, 0.1) is 5.41 Å². The van der Waals surface area contributed by atoms with Crippen molar-refractivity contribution in [2.24, 2.45) is 10.7 Å². The van der Waals surface area contributed by atoms with E-state index in [-0.39, 0.29) is 54.9 Å². The summed E-state index contributed by atoms with van der Waals surface area (Å²) in [5.74, 6) is -0.000563. The van der Waals surface area contributed by atoms with Crippen LogP contribution in [0.5, 0.6) is 5.75 Å². The minimum Gasteiger partial charge on any atom is -0.489 e. The molecular weight excluding hydrogens is 685 g/mol. The van der Waals surface area contributed by atoms with Crippen molar-refractivity contribution < 1.29 is 22.7 Å². The lowest BCUT2D eigenvalue weighted by molar-refractivity contribution is -0.139. The number of piperidine rings is 1. The number of nitrogens with one attached hydrogen (secondary N) is 1. The summed E-state index contributed by atoms with van der Waals surface area (Å²) in [5.41, 5.74) is 7.20. The van der Waals surface area contributed by atoms with Crippen molar-refractivity contribution in [2.45, 2.75) is 64.4 Å². The summed E-state index contributed by atoms with van der Waals surface area (Å²) in [5, 5.41) is 7.94. The van der Waals surface area contributed by atoms with E-state index in [1.807, 2.05) is 6.07 Å². The molecular formula is C33H46Cl3N5O5S. The van der Waals surface area contributed by atoms with Gasteiger partial charge in [0.2, 0.25) is 10.0 Å². The maximum atomic E-state index is 13.4. The van der Waals surface area contributed by atoms with Crippen molar-refractivity contribution in [3.8, 4) is 5.75 Å². The molecule has 10 nitrogen and oxygen atoms in total. The van der Waals surface area contributed by atoms with Crippen molar-refractivity contribution in [1.82, 2.24) is 4.90 Å². The minimum atomic E-state index is -4.12. The first-order chi connectivity index (χ1) is 21.7. The topological polar surface area (TPSA) is 138 Å². The maximum absolute atomic E-state index is 13.4. The Kier molecular flexibility index (Phi) is 16.9. The molecule has 0 aromatic heterocycles. The molecule has 0 amide bonds. The van der Waals surface area contributed by atoms with Gasteiger partial charge in [0.1, 0.15) is 17.7 Å². The number of hydrogen-bond donors (Lipinski definition) is 2. The first kappa shape index (κ1) is 40.2. The number of aliphatic imine (C=N–C) groups is 1. The zero-order chi connectivity index (χ0) is 32.2. The van der Waals surface area contributed by atoms with Crippen molar-refractivity contribution in [3.05, 3.63) is 64.7 Å². The van der Waals surface area contributed by atoms with Crippen molar-refractivity contribution >= 4 is 75.8 Å². The number of carbonyl (C=O) groups excluding carboxylic acids is 1. The van der Waals surface area contributed by atoms with Gasteiger partial charge in [-0.15, -0.1) is 24.8 Å². The van der Waals surface area contributed by atoms with E-state index >= 15 is 0 Å². The molecule has 2 heterocycles. The van der Waals surface area contributed by atoms with Crippen LogP contribution >= 0.6 is 36.4 Å². The Morgan fingerprint density at radius 1 is 1.11 bits per heavy atom. The molecule has 2 aliphatic heterocycles. The number of esters is 1. The highest BCUT2D eigenvalue weighted by Gasteiger charge is 2.28. The number of sulfonamides is 1. The molecule has 2 aromatic rings. The summed E-state index contributed by atoms with van der Waals surface area (Å²) in [7, 11) is -4.12. The van der Waals surface area contributed by atoms with Gasteiger partial charge in [-0.25, -0.2) is 8.42 Å². The van der Waals surface area contributed by atoms with Gasteiger partial charge < -0.3 is 20.1 Å². The standard InChI is InChI=1S/C33H44ClN5O5S.2ClH/c1-2-43-32(40)24-45(41,42)39(19-9-11-25-10-8-12-26(22-25)33(35)36)27-14-15-30(29(34)23-27)44-28-16-20-38(21-17-28)31-13-6-4-3-5-7-18-37-31;;/h8-12,14-15,22-23,28H,2-7,13,16-21,24H2,1H3,(H3,35,36);2*1H/b11-9+,37-31-;;. The Morgan fingerprint density at radius 2 is 1.83 bits per heavy atom. The monoisotopic (exact) mass is 729 g/mol. The third kappa shape index (κ3) is 12.2. The summed E-state index contributed by atoms with van der Waals surface area (Å²) in [6.45, 7) is 4.29. The molecule has 1 fully saturated rings. The highest BCUT2D eigenvalue weighted by Crippen LogP contribution is 2.33. The van der Waals surface area contributed by atoms with Gasteiger partial charge in [-0.3, -0.25) is 19.5 Å². The molecule has 0 radical (unpaired) electrons. The third-order valence-electron chi connectivity index (χ3n) is 7.88. The fourth-order valence-corrected chi connectivity index (χ4v) is 7.03. The molecule has 47 heavy (non-hydrogen) atoms. The summed E-state index contributed by atoms with van der Waals surface area (Å²) in [6, 6.07) is 11.9. The zero-order valence-electron chi connectivity index (χ0n) is 26.7. The summed E-state index contributed by atoms with van der Waals surface area (Å²) >= 11 is 6.66. The predicted molar refractivity (Wildman–Crippen MR) is 195 cm³/mol. The molecule has 0 unspecified atom stereocenters. The Balaban J connectivity index is 0.00000384. The number of halogens is 3. The average Bonchev–Trinajstić information content (AvgIpc) is 3.15. The van der Waals surface area contributed by atoms with E-state index in [1.165, 1.54) is 31.5 Å². The zero-order valence-corrected chi connectivity index (χ0v) is 29.9. The fourth-order valence-electron chi connectivity index (χ4n) is 5.53. The number of nitrogens with two attached hydrogens (primary N) is 1.